The number of carbonyl (C=O) groups excluding carboxylic acids is 3. The highest BCUT2D eigenvalue weighted by molar-refractivity contribution is 6.39. The minimum absolute atomic E-state index is 0.174. The molecule has 3 rings (SSSR count). The summed E-state index contributed by atoms with van der Waals surface area (Å²) in [6.07, 6.45) is 1.10. The van der Waals surface area contributed by atoms with E-state index in [1.807, 2.05) is 24.3 Å². The Labute approximate surface area is 228 Å². The summed E-state index contributed by atoms with van der Waals surface area (Å²) in [5.74, 6) is -0.306. The number of nitrogens with one attached hydrogen (secondary N) is 3. The van der Waals surface area contributed by atoms with Gasteiger partial charge in [0.2, 0.25) is 5.91 Å². The normalized spacial score (nSPS) is 15.0. The zero-order valence-electron chi connectivity index (χ0n) is 21.6. The van der Waals surface area contributed by atoms with Crippen LogP contribution >= 0.6 is 23.2 Å². The predicted octanol–water partition coefficient (Wildman–Crippen LogP) is 6.50. The molecule has 1 saturated heterocycles. The van der Waals surface area contributed by atoms with E-state index in [9.17, 15) is 14.4 Å². The van der Waals surface area contributed by atoms with E-state index in [4.69, 9.17) is 27.9 Å². The first-order valence-corrected chi connectivity index (χ1v) is 13.1. The Hall–Kier alpha value is -2.97. The van der Waals surface area contributed by atoms with E-state index in [1.165, 1.54) is 0 Å². The van der Waals surface area contributed by atoms with Crippen LogP contribution in [-0.4, -0.2) is 48.2 Å². The van der Waals surface area contributed by atoms with Crippen molar-refractivity contribution in [3.8, 4) is 0 Å². The van der Waals surface area contributed by atoms with E-state index in [0.717, 1.165) is 18.4 Å². The van der Waals surface area contributed by atoms with Crippen molar-refractivity contribution in [2.75, 3.05) is 30.3 Å². The van der Waals surface area contributed by atoms with Crippen LogP contribution in [0, 0.1) is 5.92 Å². The van der Waals surface area contributed by atoms with E-state index in [0.29, 0.717) is 40.4 Å². The number of urea groups is 1. The Morgan fingerprint density at radius 2 is 1.59 bits per heavy atom. The van der Waals surface area contributed by atoms with Gasteiger partial charge >= 0.3 is 12.1 Å². The zero-order valence-corrected chi connectivity index (χ0v) is 23.1. The number of rotatable bonds is 6. The molecule has 1 atom stereocenters. The first kappa shape index (κ1) is 28.6. The first-order chi connectivity index (χ1) is 17.4. The molecule has 3 N–H and O–H groups in total. The zero-order chi connectivity index (χ0) is 27.2. The van der Waals surface area contributed by atoms with Crippen molar-refractivity contribution < 1.29 is 19.1 Å². The van der Waals surface area contributed by atoms with Crippen molar-refractivity contribution >= 4 is 52.6 Å². The second-order valence-electron chi connectivity index (χ2n) is 10.2. The molecule has 200 valence electrons. The van der Waals surface area contributed by atoms with Gasteiger partial charge in [-0.05, 0) is 69.4 Å². The third-order valence-electron chi connectivity index (χ3n) is 6.03. The fourth-order valence-corrected chi connectivity index (χ4v) is 4.46. The van der Waals surface area contributed by atoms with Crippen LogP contribution in [0.15, 0.2) is 42.5 Å². The topological polar surface area (TPSA) is 99.8 Å². The number of carbonyl (C=O) groups is 3. The molecule has 2 aromatic rings. The number of benzene rings is 2. The van der Waals surface area contributed by atoms with Crippen molar-refractivity contribution in [2.45, 2.75) is 52.1 Å². The van der Waals surface area contributed by atoms with E-state index in [-0.39, 0.29) is 18.5 Å². The lowest BCUT2D eigenvalue weighted by Gasteiger charge is -2.32. The van der Waals surface area contributed by atoms with Crippen LogP contribution in [0.25, 0.3) is 0 Å². The third kappa shape index (κ3) is 8.54. The number of anilines is 2. The second-order valence-corrected chi connectivity index (χ2v) is 11.0. The number of hydrogen-bond acceptors (Lipinski definition) is 4. The number of halogens is 2. The molecule has 1 fully saturated rings. The van der Waals surface area contributed by atoms with E-state index in [1.54, 1.807) is 50.8 Å². The van der Waals surface area contributed by atoms with Crippen LogP contribution in [0.5, 0.6) is 0 Å². The fourth-order valence-electron chi connectivity index (χ4n) is 3.97. The third-order valence-corrected chi connectivity index (χ3v) is 6.66. The minimum Gasteiger partial charge on any atom is -0.444 e. The Morgan fingerprint density at radius 3 is 2.16 bits per heavy atom. The molecular weight excluding hydrogens is 515 g/mol. The van der Waals surface area contributed by atoms with Gasteiger partial charge in [-0.25, -0.2) is 9.59 Å². The highest BCUT2D eigenvalue weighted by Crippen LogP contribution is 2.32. The molecule has 1 heterocycles. The molecule has 8 nitrogen and oxygen atoms in total. The summed E-state index contributed by atoms with van der Waals surface area (Å²) in [4.78, 5) is 38.8. The summed E-state index contributed by atoms with van der Waals surface area (Å²) in [7, 11) is 0. The second kappa shape index (κ2) is 12.5. The van der Waals surface area contributed by atoms with Crippen molar-refractivity contribution in [1.82, 2.24) is 10.2 Å². The number of amides is 4. The predicted molar refractivity (Wildman–Crippen MR) is 148 cm³/mol. The lowest BCUT2D eigenvalue weighted by Crippen LogP contribution is -2.40. The van der Waals surface area contributed by atoms with Gasteiger partial charge in [-0.15, -0.1) is 0 Å². The van der Waals surface area contributed by atoms with Crippen LogP contribution in [0.2, 0.25) is 10.0 Å². The number of ether oxygens (including phenoxy) is 1. The summed E-state index contributed by atoms with van der Waals surface area (Å²) in [6.45, 7) is 8.48. The standard InChI is InChI=1S/C27H34Cl2N4O4/c1-17(16-30-26(36)37-27(2,3)4)24(34)31-20-10-8-18(9-11-20)19-12-14-33(15-13-19)25(35)32-23-21(28)6-5-7-22(23)29/h5-11,17,19H,12-16H2,1-4H3,(H,30,36)(H,31,34)(H,32,35). The lowest BCUT2D eigenvalue weighted by atomic mass is 9.89. The number of nitrogens with zero attached hydrogens (tertiary/aromatic N) is 1. The van der Waals surface area contributed by atoms with Crippen LogP contribution in [0.1, 0.15) is 52.0 Å². The van der Waals surface area contributed by atoms with Crippen LogP contribution in [-0.2, 0) is 9.53 Å². The molecule has 0 spiro atoms. The molecule has 4 amide bonds. The molecule has 0 saturated carbocycles. The highest BCUT2D eigenvalue weighted by Gasteiger charge is 2.25. The highest BCUT2D eigenvalue weighted by atomic mass is 35.5. The van der Waals surface area contributed by atoms with Crippen LogP contribution in [0.4, 0.5) is 21.0 Å². The summed E-state index contributed by atoms with van der Waals surface area (Å²) >= 11 is 12.3. The van der Waals surface area contributed by atoms with E-state index < -0.39 is 17.6 Å². The van der Waals surface area contributed by atoms with Gasteiger partial charge < -0.3 is 25.6 Å². The Bertz CT molecular complexity index is 1090. The van der Waals surface area contributed by atoms with Crippen LogP contribution in [0.3, 0.4) is 0 Å². The molecule has 37 heavy (non-hydrogen) atoms. The summed E-state index contributed by atoms with van der Waals surface area (Å²) in [5, 5.41) is 9.12. The van der Waals surface area contributed by atoms with Gasteiger partial charge in [-0.3, -0.25) is 4.79 Å². The van der Waals surface area contributed by atoms with Gasteiger partial charge in [-0.1, -0.05) is 48.3 Å². The Balaban J connectivity index is 1.45. The molecule has 2 aromatic carbocycles. The van der Waals surface area contributed by atoms with Crippen LogP contribution < -0.4 is 16.0 Å². The van der Waals surface area contributed by atoms with Gasteiger partial charge in [0.25, 0.3) is 0 Å². The van der Waals surface area contributed by atoms with Crippen molar-refractivity contribution in [3.05, 3.63) is 58.1 Å². The van der Waals surface area contributed by atoms with Crippen molar-refractivity contribution in [2.24, 2.45) is 5.92 Å². The smallest absolute Gasteiger partial charge is 0.407 e. The maximum atomic E-state index is 12.7. The monoisotopic (exact) mass is 548 g/mol. The fraction of sp³-hybridized carbons (Fsp3) is 0.444. The van der Waals surface area contributed by atoms with Gasteiger partial charge in [0.1, 0.15) is 5.60 Å². The first-order valence-electron chi connectivity index (χ1n) is 12.3. The van der Waals surface area contributed by atoms with E-state index in [2.05, 4.69) is 16.0 Å². The summed E-state index contributed by atoms with van der Waals surface area (Å²) < 4.78 is 5.20. The lowest BCUT2D eigenvalue weighted by molar-refractivity contribution is -0.119. The number of likely N-dealkylation sites (tertiary alicyclic amines) is 1. The molecule has 1 aliphatic rings. The molecule has 0 aliphatic carbocycles. The average molecular weight is 549 g/mol. The van der Waals surface area contributed by atoms with Gasteiger partial charge in [0, 0.05) is 25.3 Å². The van der Waals surface area contributed by atoms with E-state index >= 15 is 0 Å². The quantitative estimate of drug-likeness (QED) is 0.383. The molecule has 0 aromatic heterocycles. The largest absolute Gasteiger partial charge is 0.444 e. The average Bonchev–Trinajstić information content (AvgIpc) is 2.84. The maximum absolute atomic E-state index is 12.7. The van der Waals surface area contributed by atoms with Gasteiger partial charge in [0.05, 0.1) is 21.7 Å². The Kier molecular flexibility index (Phi) is 9.68. The molecule has 10 heteroatoms. The SMILES string of the molecule is CC(CNC(=O)OC(C)(C)C)C(=O)Nc1ccc(C2CCN(C(=O)Nc3c(Cl)cccc3Cl)CC2)cc1. The minimum atomic E-state index is -0.592. The Morgan fingerprint density at radius 1 is 1.00 bits per heavy atom. The number of alkyl carbamates (subject to hydrolysis) is 1. The molecular formula is C27H34Cl2N4O4. The van der Waals surface area contributed by atoms with Gasteiger partial charge in [-0.2, -0.15) is 0 Å². The van der Waals surface area contributed by atoms with Gasteiger partial charge in [0.15, 0.2) is 0 Å². The van der Waals surface area contributed by atoms with Crippen molar-refractivity contribution in [1.29, 1.82) is 0 Å². The molecule has 0 bridgehead atoms. The maximum Gasteiger partial charge on any atom is 0.407 e. The van der Waals surface area contributed by atoms with Crippen molar-refractivity contribution in [3.63, 3.8) is 0 Å². The summed E-state index contributed by atoms with van der Waals surface area (Å²) in [6, 6.07) is 12.6. The molecule has 1 unspecified atom stereocenters. The number of piperidine rings is 1. The number of para-hydroxylation sites is 1. The molecule has 1 aliphatic heterocycles. The molecule has 0 radical (unpaired) electrons. The summed E-state index contributed by atoms with van der Waals surface area (Å²) in [5.41, 5.74) is 1.68. The number of hydrogen-bond donors (Lipinski definition) is 3.